The molecule has 1 saturated heterocycles. The fourth-order valence-corrected chi connectivity index (χ4v) is 0.835. The van der Waals surface area contributed by atoms with Crippen molar-refractivity contribution in [2.24, 2.45) is 0 Å². The Labute approximate surface area is 53.7 Å². The van der Waals surface area contributed by atoms with E-state index >= 15 is 0 Å². The van der Waals surface area contributed by atoms with Crippen LogP contribution in [0.25, 0.3) is 0 Å². The van der Waals surface area contributed by atoms with E-state index in [1.54, 1.807) is 0 Å². The minimum Gasteiger partial charge on any atom is -0.350 e. The van der Waals surface area contributed by atoms with E-state index in [0.717, 1.165) is 0 Å². The molecule has 1 rings (SSSR count). The van der Waals surface area contributed by atoms with Crippen LogP contribution in [0.3, 0.4) is 0 Å². The maximum atomic E-state index is 5.47. The predicted molar refractivity (Wildman–Crippen MR) is 31.0 cm³/mol. The largest absolute Gasteiger partial charge is 0.350 e. The van der Waals surface area contributed by atoms with E-state index in [2.05, 4.69) is 0 Å². The Bertz CT molecular complexity index is 76.8. The summed E-state index contributed by atoms with van der Waals surface area (Å²) in [6, 6.07) is 0. The summed E-state index contributed by atoms with van der Waals surface area (Å²) in [7, 11) is 0. The molecule has 0 radical (unpaired) electrons. The van der Waals surface area contributed by atoms with Gasteiger partial charge in [-0.15, -0.1) is 11.6 Å². The lowest BCUT2D eigenvalue weighted by atomic mass is 10.4. The zero-order valence-electron chi connectivity index (χ0n) is 4.76. The summed E-state index contributed by atoms with van der Waals surface area (Å²) in [6.45, 7) is 2.51. The lowest BCUT2D eigenvalue weighted by Gasteiger charge is -2.01. The second-order valence-corrected chi connectivity index (χ2v) is 2.12. The SMILES string of the molecule is C[C@H]1OC[C@@H](CCl)O1. The second kappa shape index (κ2) is 2.67. The van der Waals surface area contributed by atoms with E-state index in [1.807, 2.05) is 6.92 Å². The van der Waals surface area contributed by atoms with Gasteiger partial charge in [0.2, 0.25) is 0 Å². The minimum absolute atomic E-state index is 0.0567. The fraction of sp³-hybridized carbons (Fsp3) is 1.00. The standard InChI is InChI=1S/C5H9ClO2/c1-4-7-3-5(2-6)8-4/h4-5H,2-3H2,1H3/t4-,5+/m0/s1. The molecule has 2 atom stereocenters. The predicted octanol–water partition coefficient (Wildman–Crippen LogP) is 0.987. The van der Waals surface area contributed by atoms with Crippen LogP contribution in [0, 0.1) is 0 Å². The molecule has 0 saturated carbocycles. The highest BCUT2D eigenvalue weighted by Crippen LogP contribution is 2.10. The normalized spacial score (nSPS) is 38.2. The molecule has 0 bridgehead atoms. The number of alkyl halides is 1. The van der Waals surface area contributed by atoms with Gasteiger partial charge in [-0.05, 0) is 6.92 Å². The number of hydrogen-bond donors (Lipinski definition) is 0. The fourth-order valence-electron chi connectivity index (χ4n) is 0.673. The van der Waals surface area contributed by atoms with Crippen LogP contribution in [-0.4, -0.2) is 24.9 Å². The van der Waals surface area contributed by atoms with E-state index in [9.17, 15) is 0 Å². The third kappa shape index (κ3) is 1.34. The lowest BCUT2D eigenvalue weighted by molar-refractivity contribution is -0.0384. The van der Waals surface area contributed by atoms with Crippen LogP contribution in [0.15, 0.2) is 0 Å². The van der Waals surface area contributed by atoms with Gasteiger partial charge in [-0.3, -0.25) is 0 Å². The second-order valence-electron chi connectivity index (χ2n) is 1.81. The molecule has 0 aromatic heterocycles. The van der Waals surface area contributed by atoms with Crippen molar-refractivity contribution in [2.75, 3.05) is 12.5 Å². The van der Waals surface area contributed by atoms with Crippen LogP contribution in [0.2, 0.25) is 0 Å². The van der Waals surface area contributed by atoms with Gasteiger partial charge >= 0.3 is 0 Å². The Balaban J connectivity index is 2.22. The van der Waals surface area contributed by atoms with Crippen LogP contribution >= 0.6 is 11.6 Å². The van der Waals surface area contributed by atoms with Gasteiger partial charge in [-0.1, -0.05) is 0 Å². The van der Waals surface area contributed by atoms with Crippen LogP contribution in [0.4, 0.5) is 0 Å². The first-order valence-corrected chi connectivity index (χ1v) is 3.19. The molecule has 0 aromatic rings. The van der Waals surface area contributed by atoms with Crippen molar-refractivity contribution < 1.29 is 9.47 Å². The van der Waals surface area contributed by atoms with Crippen molar-refractivity contribution in [3.05, 3.63) is 0 Å². The molecule has 48 valence electrons. The summed E-state index contributed by atoms with van der Waals surface area (Å²) < 4.78 is 10.2. The first-order chi connectivity index (χ1) is 3.83. The van der Waals surface area contributed by atoms with Crippen molar-refractivity contribution in [1.82, 2.24) is 0 Å². The van der Waals surface area contributed by atoms with Gasteiger partial charge in [0.15, 0.2) is 6.29 Å². The molecule has 0 aromatic carbocycles. The first kappa shape index (κ1) is 6.33. The molecule has 2 nitrogen and oxygen atoms in total. The monoisotopic (exact) mass is 136 g/mol. The molecular formula is C5H9ClO2. The number of rotatable bonds is 1. The highest BCUT2D eigenvalue weighted by atomic mass is 35.5. The molecule has 3 heteroatoms. The van der Waals surface area contributed by atoms with Crippen LogP contribution in [-0.2, 0) is 9.47 Å². The Morgan fingerprint density at radius 3 is 2.75 bits per heavy atom. The average molecular weight is 137 g/mol. The number of ether oxygens (including phenoxy) is 2. The minimum atomic E-state index is -0.0567. The van der Waals surface area contributed by atoms with E-state index in [-0.39, 0.29) is 12.4 Å². The summed E-state index contributed by atoms with van der Waals surface area (Å²) in [5.41, 5.74) is 0. The van der Waals surface area contributed by atoms with Gasteiger partial charge in [-0.25, -0.2) is 0 Å². The maximum Gasteiger partial charge on any atom is 0.155 e. The summed E-state index contributed by atoms with van der Waals surface area (Å²) in [6.07, 6.45) is 0.0606. The van der Waals surface area contributed by atoms with Gasteiger partial charge < -0.3 is 9.47 Å². The van der Waals surface area contributed by atoms with Gasteiger partial charge in [0.05, 0.1) is 18.6 Å². The van der Waals surface area contributed by atoms with Gasteiger partial charge in [0, 0.05) is 0 Å². The van der Waals surface area contributed by atoms with E-state index in [0.29, 0.717) is 12.5 Å². The quantitative estimate of drug-likeness (QED) is 0.501. The summed E-state index contributed by atoms with van der Waals surface area (Å²) >= 11 is 5.47. The van der Waals surface area contributed by atoms with Crippen LogP contribution in [0.5, 0.6) is 0 Å². The van der Waals surface area contributed by atoms with Crippen molar-refractivity contribution >= 4 is 11.6 Å². The molecule has 0 N–H and O–H groups in total. The molecule has 1 fully saturated rings. The summed E-state index contributed by atoms with van der Waals surface area (Å²) in [5.74, 6) is 0.532. The molecule has 0 spiro atoms. The van der Waals surface area contributed by atoms with Crippen molar-refractivity contribution in [3.8, 4) is 0 Å². The topological polar surface area (TPSA) is 18.5 Å². The summed E-state index contributed by atoms with van der Waals surface area (Å²) in [5, 5.41) is 0. The molecule has 0 aliphatic carbocycles. The van der Waals surface area contributed by atoms with Crippen LogP contribution < -0.4 is 0 Å². The Morgan fingerprint density at radius 2 is 2.50 bits per heavy atom. The summed E-state index contributed by atoms with van der Waals surface area (Å²) in [4.78, 5) is 0. The lowest BCUT2D eigenvalue weighted by Crippen LogP contribution is -2.11. The zero-order valence-corrected chi connectivity index (χ0v) is 5.52. The number of hydrogen-bond acceptors (Lipinski definition) is 2. The third-order valence-corrected chi connectivity index (χ3v) is 1.42. The smallest absolute Gasteiger partial charge is 0.155 e. The molecule has 1 heterocycles. The Kier molecular flexibility index (Phi) is 2.11. The number of halogens is 1. The first-order valence-electron chi connectivity index (χ1n) is 2.66. The van der Waals surface area contributed by atoms with Crippen molar-refractivity contribution in [3.63, 3.8) is 0 Å². The molecule has 1 aliphatic heterocycles. The van der Waals surface area contributed by atoms with Gasteiger partial charge in [0.25, 0.3) is 0 Å². The molecule has 0 unspecified atom stereocenters. The Morgan fingerprint density at radius 1 is 1.75 bits per heavy atom. The van der Waals surface area contributed by atoms with Crippen molar-refractivity contribution in [2.45, 2.75) is 19.3 Å². The van der Waals surface area contributed by atoms with Crippen LogP contribution in [0.1, 0.15) is 6.92 Å². The van der Waals surface area contributed by atoms with E-state index < -0.39 is 0 Å². The van der Waals surface area contributed by atoms with E-state index in [4.69, 9.17) is 21.1 Å². The maximum absolute atomic E-state index is 5.47. The van der Waals surface area contributed by atoms with Crippen molar-refractivity contribution in [1.29, 1.82) is 0 Å². The zero-order chi connectivity index (χ0) is 5.98. The highest BCUT2D eigenvalue weighted by molar-refractivity contribution is 6.18. The molecular weight excluding hydrogens is 128 g/mol. The third-order valence-electron chi connectivity index (χ3n) is 1.07. The van der Waals surface area contributed by atoms with Gasteiger partial charge in [-0.2, -0.15) is 0 Å². The molecule has 1 aliphatic rings. The molecule has 8 heavy (non-hydrogen) atoms. The van der Waals surface area contributed by atoms with E-state index in [1.165, 1.54) is 0 Å². The highest BCUT2D eigenvalue weighted by Gasteiger charge is 2.20. The Hall–Kier alpha value is 0.210. The van der Waals surface area contributed by atoms with Gasteiger partial charge in [0.1, 0.15) is 0 Å². The molecule has 0 amide bonds. The average Bonchev–Trinajstić information content (AvgIpc) is 2.14.